The molecule has 36 nitrogen and oxygen atoms in total. The minimum Gasteiger partial charge on any atom is -0.480 e. The van der Waals surface area contributed by atoms with E-state index in [0.29, 0.717) is 35.7 Å². The van der Waals surface area contributed by atoms with Gasteiger partial charge in [0, 0.05) is 55.8 Å². The Morgan fingerprint density at radius 2 is 1.02 bits per heavy atom. The van der Waals surface area contributed by atoms with Gasteiger partial charge in [0.25, 0.3) is 0 Å². The highest BCUT2D eigenvalue weighted by Crippen LogP contribution is 2.23. The number of nitrogens with one attached hydrogen (secondary N) is 12. The van der Waals surface area contributed by atoms with Gasteiger partial charge in [-0.3, -0.25) is 67.5 Å². The van der Waals surface area contributed by atoms with E-state index >= 15 is 0 Å². The summed E-state index contributed by atoms with van der Waals surface area (Å²) in [5.74, 6) is -13.4. The first-order chi connectivity index (χ1) is 49.6. The number of thiol groups is 1. The Kier molecular flexibility index (Phi) is 39.2. The fourth-order valence-electron chi connectivity index (χ4n) is 11.6. The number of rotatable bonds is 47. The van der Waals surface area contributed by atoms with Gasteiger partial charge in [0.2, 0.25) is 70.9 Å². The van der Waals surface area contributed by atoms with Crippen LogP contribution in [0.2, 0.25) is 0 Å². The number of nitrogens with zero attached hydrogens (tertiary/aromatic N) is 3. The van der Waals surface area contributed by atoms with Crippen LogP contribution in [0.4, 0.5) is 0 Å². The molecular formula is C68H114N20O16S. The third-order valence-electron chi connectivity index (χ3n) is 17.5. The highest BCUT2D eigenvalue weighted by molar-refractivity contribution is 7.80. The summed E-state index contributed by atoms with van der Waals surface area (Å²) in [6.07, 6.45) is 2.99. The Labute approximate surface area is 617 Å². The van der Waals surface area contributed by atoms with Crippen molar-refractivity contribution < 1.29 is 77.6 Å². The Morgan fingerprint density at radius 1 is 0.562 bits per heavy atom. The maximum absolute atomic E-state index is 14.8. The summed E-state index contributed by atoms with van der Waals surface area (Å²) in [6, 6.07) is -9.63. The fourth-order valence-corrected chi connectivity index (χ4v) is 11.9. The van der Waals surface area contributed by atoms with Crippen LogP contribution in [0, 0.1) is 23.7 Å². The smallest absolute Gasteiger partial charge is 0.328 e. The molecule has 3 rings (SSSR count). The zero-order chi connectivity index (χ0) is 78.8. The summed E-state index contributed by atoms with van der Waals surface area (Å²) < 4.78 is 0. The molecule has 588 valence electrons. The van der Waals surface area contributed by atoms with Gasteiger partial charge in [-0.15, -0.1) is 0 Å². The second-order valence-corrected chi connectivity index (χ2v) is 27.8. The minimum absolute atomic E-state index is 0.0137. The molecule has 13 atom stereocenters. The number of aromatic amines is 1. The lowest BCUT2D eigenvalue weighted by molar-refractivity contribution is -0.144. The Morgan fingerprint density at radius 3 is 1.51 bits per heavy atom. The van der Waals surface area contributed by atoms with Crippen molar-refractivity contribution in [1.82, 2.24) is 68.4 Å². The predicted octanol–water partition coefficient (Wildman–Crippen LogP) is -3.92. The Bertz CT molecular complexity index is 3310. The summed E-state index contributed by atoms with van der Waals surface area (Å²) in [5, 5.41) is 59.1. The van der Waals surface area contributed by atoms with E-state index in [0.717, 1.165) is 0 Å². The third kappa shape index (κ3) is 30.3. The number of aliphatic carboxylic acids is 1. The molecule has 105 heavy (non-hydrogen) atoms. The van der Waals surface area contributed by atoms with E-state index in [-0.39, 0.29) is 126 Å². The largest absolute Gasteiger partial charge is 0.480 e. The lowest BCUT2D eigenvalue weighted by Crippen LogP contribution is -2.61. The van der Waals surface area contributed by atoms with E-state index in [4.69, 9.17) is 28.7 Å². The molecule has 1 fully saturated rings. The first kappa shape index (κ1) is 89.9. The number of para-hydroxylation sites is 1. The number of fused-ring (bicyclic) bond motifs is 1. The molecule has 1 saturated heterocycles. The monoisotopic (exact) mass is 1500 g/mol. The highest BCUT2D eigenvalue weighted by atomic mass is 32.1. The molecule has 37 heteroatoms. The molecule has 1 aliphatic rings. The number of unbranched alkanes of at least 4 members (excludes halogenated alkanes) is 1. The van der Waals surface area contributed by atoms with Gasteiger partial charge in [0.1, 0.15) is 72.5 Å². The van der Waals surface area contributed by atoms with Crippen LogP contribution < -0.4 is 87.2 Å². The van der Waals surface area contributed by atoms with E-state index in [2.05, 4.69) is 86.1 Å². The topological polar surface area (TPSA) is 589 Å². The maximum atomic E-state index is 14.8. The van der Waals surface area contributed by atoms with Crippen LogP contribution in [0.15, 0.2) is 40.4 Å². The number of likely N-dealkylation sites (tertiary alicyclic amines) is 1. The lowest BCUT2D eigenvalue weighted by atomic mass is 9.96. The molecule has 0 bridgehead atoms. The number of aromatic nitrogens is 1. The Hall–Kier alpha value is -9.36. The number of H-pyrrole nitrogens is 1. The molecule has 2 heterocycles. The molecule has 0 aliphatic carbocycles. The van der Waals surface area contributed by atoms with Gasteiger partial charge in [-0.1, -0.05) is 80.0 Å². The molecule has 12 amide bonds. The van der Waals surface area contributed by atoms with Crippen LogP contribution in [-0.2, 0) is 68.7 Å². The molecule has 2 aromatic rings. The van der Waals surface area contributed by atoms with Gasteiger partial charge in [0.15, 0.2) is 11.9 Å². The molecule has 0 unspecified atom stereocenters. The first-order valence-electron chi connectivity index (χ1n) is 35.6. The van der Waals surface area contributed by atoms with Gasteiger partial charge in [-0.05, 0) is 112 Å². The van der Waals surface area contributed by atoms with Gasteiger partial charge >= 0.3 is 5.97 Å². The SMILES string of the molecule is CC[C@H](C)[C@H](NC(C)=O)C(=O)N[C@@H](CC(C)C)C(=O)N[C@@H](CCCN=C(N)N)C(=O)N[C@@H](Cc1c[nH]c2ccccc12)C(=O)N[C@@H](CO)C(=O)N[C@@H](CCCN=C(N)N)C(=O)N[C@@H](CCCCN)C(=O)N[C@@H](CC(C)C)C(=O)N1CCC[C@H]1C(=O)N[C@@H](CS)C(=O)N[C@H](C(=O)N[C@@H](CO)C(=O)O)C(C)C. The number of carboxylic acids is 1. The molecule has 0 saturated carbocycles. The number of hydrogen-bond acceptors (Lipinski definition) is 19. The van der Waals surface area contributed by atoms with Gasteiger partial charge in [-0.25, -0.2) is 4.79 Å². The van der Waals surface area contributed by atoms with Crippen molar-refractivity contribution >= 4 is 112 Å². The zero-order valence-electron chi connectivity index (χ0n) is 61.6. The predicted molar refractivity (Wildman–Crippen MR) is 395 cm³/mol. The minimum atomic E-state index is -1.83. The molecule has 0 spiro atoms. The van der Waals surface area contributed by atoms with Crippen molar-refractivity contribution in [3.05, 3.63) is 36.0 Å². The zero-order valence-corrected chi connectivity index (χ0v) is 62.5. The van der Waals surface area contributed by atoms with E-state index in [1.54, 1.807) is 65.1 Å². The standard InChI is InChI=1S/C68H114N20O16S/c1-10-38(8)54(77-39(9)91)64(101)82-46(28-35(2)3)58(95)79-45(22-16-26-75-68(72)73)56(93)81-47(30-40-31-76-42-19-12-11-18-41(40)42)59(96)84-49(32-89)60(97)80-44(21-15-25-74-67(70)71)55(92)78-43(20-13-14-24-69)57(94)83-48(29-36(4)5)65(102)88-27-17-23-52(88)62(99)86-51(34-105)61(98)87-53(37(6)7)63(100)85-50(33-90)66(103)104/h11-12,18-19,31,35-38,43-54,76,89-90,105H,10,13-17,20-30,32-34,69H2,1-9H3,(H,77,91)(H,78,92)(H,79,95)(H,80,97)(H,81,93)(H,82,101)(H,83,94)(H,84,96)(H,85,100)(H,86,99)(H,87,98)(H,103,104)(H4,70,71,74)(H4,72,73,75)/t38-,43-,44-,45-,46-,47-,48-,49-,50-,51-,52-,53-,54-/m0/s1. The van der Waals surface area contributed by atoms with Gasteiger partial charge in [-0.2, -0.15) is 12.6 Å². The van der Waals surface area contributed by atoms with Crippen molar-refractivity contribution in [2.45, 2.75) is 218 Å². The van der Waals surface area contributed by atoms with Gasteiger partial charge in [0.05, 0.1) is 13.2 Å². The lowest BCUT2D eigenvalue weighted by Gasteiger charge is -2.32. The van der Waals surface area contributed by atoms with E-state index in [1.807, 2.05) is 20.8 Å². The second-order valence-electron chi connectivity index (χ2n) is 27.4. The normalized spacial score (nSPS) is 16.2. The molecule has 1 aromatic heterocycles. The number of carbonyl (C=O) groups is 13. The summed E-state index contributed by atoms with van der Waals surface area (Å²) >= 11 is 4.26. The van der Waals surface area contributed by atoms with Gasteiger partial charge < -0.3 is 112 Å². The van der Waals surface area contributed by atoms with Crippen molar-refractivity contribution in [2.75, 3.05) is 45.1 Å². The molecule has 0 radical (unpaired) electrons. The molecular weight excluding hydrogens is 1380 g/mol. The number of benzene rings is 1. The maximum Gasteiger partial charge on any atom is 0.328 e. The van der Waals surface area contributed by atoms with Crippen molar-refractivity contribution in [2.24, 2.45) is 62.3 Å². The van der Waals surface area contributed by atoms with Crippen LogP contribution in [0.1, 0.15) is 145 Å². The number of nitrogens with two attached hydrogens (primary N) is 5. The van der Waals surface area contributed by atoms with Crippen molar-refractivity contribution in [3.8, 4) is 0 Å². The van der Waals surface area contributed by atoms with Crippen LogP contribution in [0.25, 0.3) is 10.9 Å². The van der Waals surface area contributed by atoms with Crippen LogP contribution >= 0.6 is 12.6 Å². The molecule has 25 N–H and O–H groups in total. The second kappa shape index (κ2) is 45.8. The summed E-state index contributed by atoms with van der Waals surface area (Å²) in [4.78, 5) is 193. The number of hydrogen-bond donors (Lipinski definition) is 21. The van der Waals surface area contributed by atoms with E-state index in [9.17, 15) is 77.6 Å². The van der Waals surface area contributed by atoms with Crippen LogP contribution in [0.3, 0.4) is 0 Å². The fraction of sp³-hybridized carbons (Fsp3) is 0.662. The summed E-state index contributed by atoms with van der Waals surface area (Å²) in [7, 11) is 0. The van der Waals surface area contributed by atoms with E-state index in [1.165, 1.54) is 11.8 Å². The number of carboxylic acid groups (broad SMARTS) is 1. The number of aliphatic imine (C=N–C) groups is 2. The summed E-state index contributed by atoms with van der Waals surface area (Å²) in [6.45, 7) is 13.5. The number of guanidine groups is 2. The van der Waals surface area contributed by atoms with E-state index < -0.39 is 168 Å². The number of aliphatic hydroxyl groups is 2. The van der Waals surface area contributed by atoms with Crippen LogP contribution in [0.5, 0.6) is 0 Å². The van der Waals surface area contributed by atoms with Crippen molar-refractivity contribution in [3.63, 3.8) is 0 Å². The molecule has 1 aliphatic heterocycles. The third-order valence-corrected chi connectivity index (χ3v) is 17.9. The summed E-state index contributed by atoms with van der Waals surface area (Å²) in [5.41, 5.74) is 29.5. The number of amides is 12. The Balaban J connectivity index is 2.00. The average molecular weight is 1500 g/mol. The average Bonchev–Trinajstić information content (AvgIpc) is 1.72. The molecule has 1 aromatic carbocycles. The first-order valence-corrected chi connectivity index (χ1v) is 36.3. The number of aliphatic hydroxyl groups excluding tert-OH is 2. The highest BCUT2D eigenvalue weighted by Gasteiger charge is 2.42. The number of carbonyl (C=O) groups excluding carboxylic acids is 12. The van der Waals surface area contributed by atoms with Crippen molar-refractivity contribution in [1.29, 1.82) is 0 Å². The van der Waals surface area contributed by atoms with Crippen LogP contribution in [-0.4, -0.2) is 232 Å². The quantitative estimate of drug-likeness (QED) is 0.0130.